The van der Waals surface area contributed by atoms with Crippen molar-refractivity contribution in [3.05, 3.63) is 64.3 Å². The number of likely N-dealkylation sites (tertiary alicyclic amines) is 1. The largest absolute Gasteiger partial charge is 0.390 e. The molecule has 3 aromatic heterocycles. The molecule has 190 valence electrons. The van der Waals surface area contributed by atoms with Crippen molar-refractivity contribution in [1.29, 1.82) is 0 Å². The number of halogens is 1. The Morgan fingerprint density at radius 1 is 1.14 bits per heavy atom. The molecular weight excluding hydrogens is 514 g/mol. The standard InChI is InChI=1S/C26H24ClN5O4S/c27-24-8-7-23(37-24)22-12-17(29-36-22)15-32-20-6-2-1-5-16(20)11-21(32)25(33)28-14-18-13-19(30-35-18)26(34)31-9-3-4-10-31/h1-2,5-8,11-12,18H,3-4,9-10,13-15H2,(H,28,33). The maximum atomic E-state index is 13.3. The highest BCUT2D eigenvalue weighted by Gasteiger charge is 2.31. The molecule has 11 heteroatoms. The molecule has 9 nitrogen and oxygen atoms in total. The van der Waals surface area contributed by atoms with Crippen LogP contribution in [-0.4, -0.2) is 57.9 Å². The lowest BCUT2D eigenvalue weighted by Crippen LogP contribution is -2.36. The zero-order valence-corrected chi connectivity index (χ0v) is 21.4. The van der Waals surface area contributed by atoms with Gasteiger partial charge in [-0.2, -0.15) is 0 Å². The Morgan fingerprint density at radius 3 is 2.78 bits per heavy atom. The number of oxime groups is 1. The van der Waals surface area contributed by atoms with Crippen molar-refractivity contribution < 1.29 is 18.9 Å². The summed E-state index contributed by atoms with van der Waals surface area (Å²) in [5.74, 6) is 0.322. The topological polar surface area (TPSA) is 102 Å². The van der Waals surface area contributed by atoms with Crippen molar-refractivity contribution in [2.24, 2.45) is 5.16 Å². The Morgan fingerprint density at radius 2 is 1.97 bits per heavy atom. The van der Waals surface area contributed by atoms with Gasteiger partial charge in [-0.1, -0.05) is 40.1 Å². The summed E-state index contributed by atoms with van der Waals surface area (Å²) in [6, 6.07) is 15.2. The number of carbonyl (C=O) groups is 2. The average Bonchev–Trinajstić information content (AvgIpc) is 3.73. The van der Waals surface area contributed by atoms with Gasteiger partial charge in [0.15, 0.2) is 11.9 Å². The van der Waals surface area contributed by atoms with Crippen LogP contribution in [0.25, 0.3) is 21.5 Å². The molecule has 0 spiro atoms. The highest BCUT2D eigenvalue weighted by Crippen LogP contribution is 2.32. The Bertz CT molecular complexity index is 1500. The van der Waals surface area contributed by atoms with Crippen LogP contribution in [0.5, 0.6) is 0 Å². The van der Waals surface area contributed by atoms with Crippen LogP contribution >= 0.6 is 22.9 Å². The Labute approximate surface area is 221 Å². The molecule has 4 aromatic rings. The summed E-state index contributed by atoms with van der Waals surface area (Å²) in [6.45, 7) is 2.13. The molecule has 1 saturated heterocycles. The predicted octanol–water partition coefficient (Wildman–Crippen LogP) is 4.56. The molecule has 5 heterocycles. The zero-order valence-electron chi connectivity index (χ0n) is 19.9. The summed E-state index contributed by atoms with van der Waals surface area (Å²) >= 11 is 7.47. The number of rotatable bonds is 7. The number of benzene rings is 1. The molecule has 6 rings (SSSR count). The smallest absolute Gasteiger partial charge is 0.271 e. The van der Waals surface area contributed by atoms with Gasteiger partial charge in [0, 0.05) is 36.5 Å². The molecule has 2 aliphatic rings. The first-order chi connectivity index (χ1) is 18.0. The van der Waals surface area contributed by atoms with Crippen LogP contribution in [0.4, 0.5) is 0 Å². The van der Waals surface area contributed by atoms with Gasteiger partial charge in [0.05, 0.1) is 22.3 Å². The van der Waals surface area contributed by atoms with E-state index >= 15 is 0 Å². The fourth-order valence-electron chi connectivity index (χ4n) is 4.74. The number of hydrogen-bond donors (Lipinski definition) is 1. The van der Waals surface area contributed by atoms with Crippen molar-refractivity contribution >= 4 is 51.4 Å². The second kappa shape index (κ2) is 10.0. The van der Waals surface area contributed by atoms with Gasteiger partial charge in [-0.05, 0) is 37.1 Å². The molecule has 1 fully saturated rings. The minimum Gasteiger partial charge on any atom is -0.390 e. The van der Waals surface area contributed by atoms with E-state index in [0.717, 1.165) is 41.7 Å². The van der Waals surface area contributed by atoms with Gasteiger partial charge in [0.1, 0.15) is 17.1 Å². The molecule has 0 saturated carbocycles. The van der Waals surface area contributed by atoms with Crippen molar-refractivity contribution in [2.75, 3.05) is 19.6 Å². The van der Waals surface area contributed by atoms with E-state index in [-0.39, 0.29) is 24.5 Å². The maximum absolute atomic E-state index is 13.3. The van der Waals surface area contributed by atoms with Gasteiger partial charge in [-0.3, -0.25) is 9.59 Å². The van der Waals surface area contributed by atoms with E-state index in [0.29, 0.717) is 40.2 Å². The molecule has 1 N–H and O–H groups in total. The first kappa shape index (κ1) is 23.7. The van der Waals surface area contributed by atoms with Crippen molar-refractivity contribution in [3.8, 4) is 10.6 Å². The van der Waals surface area contributed by atoms with Crippen molar-refractivity contribution in [2.45, 2.75) is 31.9 Å². The summed E-state index contributed by atoms with van der Waals surface area (Å²) in [5.41, 5.74) is 2.52. The van der Waals surface area contributed by atoms with Crippen molar-refractivity contribution in [1.82, 2.24) is 19.9 Å². The van der Waals surface area contributed by atoms with Gasteiger partial charge in [-0.25, -0.2) is 0 Å². The minimum atomic E-state index is -0.376. The number of fused-ring (bicyclic) bond motifs is 1. The van der Waals surface area contributed by atoms with E-state index in [1.165, 1.54) is 11.3 Å². The highest BCUT2D eigenvalue weighted by molar-refractivity contribution is 7.19. The number of aromatic nitrogens is 2. The molecule has 0 radical (unpaired) electrons. The third-order valence-electron chi connectivity index (χ3n) is 6.60. The van der Waals surface area contributed by atoms with Gasteiger partial charge in [-0.15, -0.1) is 11.3 Å². The predicted molar refractivity (Wildman–Crippen MR) is 141 cm³/mol. The quantitative estimate of drug-likeness (QED) is 0.372. The lowest BCUT2D eigenvalue weighted by Gasteiger charge is -2.14. The second-order valence-corrected chi connectivity index (χ2v) is 10.9. The summed E-state index contributed by atoms with van der Waals surface area (Å²) in [4.78, 5) is 34.0. The second-order valence-electron chi connectivity index (χ2n) is 9.14. The van der Waals surface area contributed by atoms with Crippen LogP contribution in [0.2, 0.25) is 4.34 Å². The van der Waals surface area contributed by atoms with Crippen molar-refractivity contribution in [3.63, 3.8) is 0 Å². The Balaban J connectivity index is 1.15. The summed E-state index contributed by atoms with van der Waals surface area (Å²) in [5, 5.41) is 12.1. The van der Waals surface area contributed by atoms with E-state index in [1.54, 1.807) is 0 Å². The van der Waals surface area contributed by atoms with Crippen LogP contribution in [0.15, 0.2) is 58.2 Å². The molecule has 2 amide bonds. The number of nitrogens with zero attached hydrogens (tertiary/aromatic N) is 4. The fraction of sp³-hybridized carbons (Fsp3) is 0.308. The molecule has 2 aliphatic heterocycles. The lowest BCUT2D eigenvalue weighted by molar-refractivity contribution is -0.123. The summed E-state index contributed by atoms with van der Waals surface area (Å²) < 4.78 is 8.13. The molecule has 0 aliphatic carbocycles. The maximum Gasteiger partial charge on any atom is 0.271 e. The van der Waals surface area contributed by atoms with Crippen LogP contribution < -0.4 is 5.32 Å². The normalized spacial score (nSPS) is 17.3. The average molecular weight is 538 g/mol. The molecule has 1 unspecified atom stereocenters. The number of nitrogens with one attached hydrogen (secondary N) is 1. The lowest BCUT2D eigenvalue weighted by atomic mass is 10.1. The van der Waals surface area contributed by atoms with Gasteiger partial charge in [0.25, 0.3) is 11.8 Å². The van der Waals surface area contributed by atoms with Crippen LogP contribution in [-0.2, 0) is 16.2 Å². The SMILES string of the molecule is O=C(NCC1CC(C(=O)N2CCCC2)=NO1)c1cc2ccccc2n1Cc1cc(-c2ccc(Cl)s2)on1. The Hall–Kier alpha value is -3.63. The third-order valence-corrected chi connectivity index (χ3v) is 7.85. The molecular formula is C26H24ClN5O4S. The monoisotopic (exact) mass is 537 g/mol. The molecule has 1 atom stereocenters. The highest BCUT2D eigenvalue weighted by atomic mass is 35.5. The van der Waals surface area contributed by atoms with E-state index in [9.17, 15) is 9.59 Å². The summed E-state index contributed by atoms with van der Waals surface area (Å²) in [7, 11) is 0. The first-order valence-corrected chi connectivity index (χ1v) is 13.3. The number of para-hydroxylation sites is 1. The van der Waals surface area contributed by atoms with E-state index in [2.05, 4.69) is 15.6 Å². The first-order valence-electron chi connectivity index (χ1n) is 12.1. The number of thiophene rings is 1. The number of hydrogen-bond acceptors (Lipinski definition) is 7. The van der Waals surface area contributed by atoms with Gasteiger partial charge < -0.3 is 24.1 Å². The van der Waals surface area contributed by atoms with E-state index in [4.69, 9.17) is 21.0 Å². The summed E-state index contributed by atoms with van der Waals surface area (Å²) in [6.07, 6.45) is 2.04. The molecule has 0 bridgehead atoms. The van der Waals surface area contributed by atoms with E-state index < -0.39 is 0 Å². The number of carbonyl (C=O) groups excluding carboxylic acids is 2. The molecule has 1 aromatic carbocycles. The van der Waals surface area contributed by atoms with Gasteiger partial charge in [0.2, 0.25) is 0 Å². The zero-order chi connectivity index (χ0) is 25.4. The minimum absolute atomic E-state index is 0.0664. The fourth-order valence-corrected chi connectivity index (χ4v) is 5.74. The van der Waals surface area contributed by atoms with Crippen LogP contribution in [0.1, 0.15) is 35.4 Å². The number of amides is 2. The van der Waals surface area contributed by atoms with Crippen LogP contribution in [0, 0.1) is 0 Å². The third kappa shape index (κ3) is 4.86. The molecule has 37 heavy (non-hydrogen) atoms. The van der Waals surface area contributed by atoms with Gasteiger partial charge >= 0.3 is 0 Å². The Kier molecular flexibility index (Phi) is 6.43. The van der Waals surface area contributed by atoms with E-state index in [1.807, 2.05) is 58.0 Å². The van der Waals surface area contributed by atoms with Crippen LogP contribution in [0.3, 0.4) is 0 Å².